The fourth-order valence-corrected chi connectivity index (χ4v) is 7.19. The molecule has 1 aliphatic rings. The topological polar surface area (TPSA) is 65.9 Å². The third-order valence-corrected chi connectivity index (χ3v) is 10.1. The summed E-state index contributed by atoms with van der Waals surface area (Å²) in [7, 11) is 0. The number of anilines is 1. The van der Waals surface area contributed by atoms with Gasteiger partial charge in [0.15, 0.2) is 6.10 Å². The molecular weight excluding hydrogens is 665 g/mol. The van der Waals surface area contributed by atoms with Gasteiger partial charge in [-0.3, -0.25) is 4.90 Å². The van der Waals surface area contributed by atoms with E-state index in [9.17, 15) is 31.1 Å². The van der Waals surface area contributed by atoms with E-state index in [-0.39, 0.29) is 0 Å². The number of carbonyl (C=O) groups is 1. The number of nitrogens with zero attached hydrogens (tertiary/aromatic N) is 3. The zero-order valence-electron chi connectivity index (χ0n) is 25.4. The number of hydrogen-bond acceptors (Lipinski definition) is 7. The summed E-state index contributed by atoms with van der Waals surface area (Å²) in [6, 6.07) is 15.6. The van der Waals surface area contributed by atoms with Crippen molar-refractivity contribution < 1.29 is 41.0 Å². The molecule has 47 heavy (non-hydrogen) atoms. The van der Waals surface area contributed by atoms with Gasteiger partial charge in [-0.05, 0) is 74.0 Å². The second kappa shape index (κ2) is 14.2. The number of rotatable bonds is 10. The summed E-state index contributed by atoms with van der Waals surface area (Å²) >= 11 is 2.98. The molecule has 2 heterocycles. The van der Waals surface area contributed by atoms with E-state index in [1.165, 1.54) is 42.5 Å². The van der Waals surface area contributed by atoms with Crippen LogP contribution in [0.25, 0.3) is 10.6 Å². The van der Waals surface area contributed by atoms with Gasteiger partial charge in [0.25, 0.3) is 0 Å². The minimum absolute atomic E-state index is 0.475. The number of aryl methyl sites for hydroxylation is 1. The van der Waals surface area contributed by atoms with E-state index >= 15 is 0 Å². The molecule has 1 aliphatic heterocycles. The predicted molar refractivity (Wildman–Crippen MR) is 170 cm³/mol. The highest BCUT2D eigenvalue weighted by Gasteiger charge is 2.31. The number of aromatic nitrogens is 1. The predicted octanol–water partition coefficient (Wildman–Crippen LogP) is 8.62. The highest BCUT2D eigenvalue weighted by Crippen LogP contribution is 2.37. The van der Waals surface area contributed by atoms with Gasteiger partial charge in [-0.25, -0.2) is 9.78 Å². The lowest BCUT2D eigenvalue weighted by Crippen LogP contribution is -2.46. The molecular formula is C33H31F6N3O3S2. The summed E-state index contributed by atoms with van der Waals surface area (Å²) in [6.07, 6.45) is -9.83. The Morgan fingerprint density at radius 3 is 2.09 bits per heavy atom. The second-order valence-electron chi connectivity index (χ2n) is 11.1. The molecule has 250 valence electrons. The molecule has 1 N–H and O–H groups in total. The van der Waals surface area contributed by atoms with Gasteiger partial charge in [-0.2, -0.15) is 26.3 Å². The van der Waals surface area contributed by atoms with E-state index in [1.807, 2.05) is 24.0 Å². The van der Waals surface area contributed by atoms with E-state index in [2.05, 4.69) is 4.90 Å². The first-order valence-electron chi connectivity index (χ1n) is 14.6. The Bertz CT molecular complexity index is 1680. The number of piperazine rings is 1. The van der Waals surface area contributed by atoms with Crippen molar-refractivity contribution in [1.82, 2.24) is 9.88 Å². The average molecular weight is 696 g/mol. The zero-order valence-corrected chi connectivity index (χ0v) is 27.0. The van der Waals surface area contributed by atoms with Crippen molar-refractivity contribution in [3.05, 3.63) is 94.0 Å². The third kappa shape index (κ3) is 8.79. The summed E-state index contributed by atoms with van der Waals surface area (Å²) < 4.78 is 84.0. The van der Waals surface area contributed by atoms with Gasteiger partial charge in [0.2, 0.25) is 0 Å². The number of thiazole rings is 1. The normalized spacial score (nSPS) is 15.1. The van der Waals surface area contributed by atoms with Crippen LogP contribution in [0.3, 0.4) is 0 Å². The molecule has 4 aromatic rings. The van der Waals surface area contributed by atoms with Crippen molar-refractivity contribution in [3.63, 3.8) is 0 Å². The molecule has 0 amide bonds. The standard InChI is InChI=1S/C33H31F6N3O3S2/c1-20-17-26(11-12-28(20)45-21(2)31(43)44)46-19-29-27(40-30(47-29)22-3-5-23(6-4-22)32(34,35)36)18-41-13-15-42(16-14-41)25-9-7-24(8-10-25)33(37,38)39/h3-12,17,21H,13-16,18-19H2,1-2H3,(H,43,44). The van der Waals surface area contributed by atoms with Crippen LogP contribution < -0.4 is 9.64 Å². The van der Waals surface area contributed by atoms with Gasteiger partial charge in [0.05, 0.1) is 16.8 Å². The van der Waals surface area contributed by atoms with Crippen LogP contribution in [0.4, 0.5) is 32.0 Å². The van der Waals surface area contributed by atoms with E-state index < -0.39 is 35.6 Å². The van der Waals surface area contributed by atoms with Crippen LogP contribution in [-0.4, -0.2) is 53.2 Å². The first-order valence-corrected chi connectivity index (χ1v) is 16.4. The monoisotopic (exact) mass is 695 g/mol. The number of halogens is 6. The van der Waals surface area contributed by atoms with Crippen molar-refractivity contribution in [2.45, 2.75) is 49.5 Å². The Morgan fingerprint density at radius 1 is 0.936 bits per heavy atom. The number of benzene rings is 3. The maximum Gasteiger partial charge on any atom is 0.416 e. The molecule has 1 atom stereocenters. The van der Waals surface area contributed by atoms with E-state index in [1.54, 1.807) is 17.8 Å². The first kappa shape index (κ1) is 34.6. The van der Waals surface area contributed by atoms with Crippen LogP contribution in [0.2, 0.25) is 0 Å². The minimum atomic E-state index is -4.44. The molecule has 1 saturated heterocycles. The molecule has 0 bridgehead atoms. The van der Waals surface area contributed by atoms with Crippen LogP contribution in [0.15, 0.2) is 71.6 Å². The fraction of sp³-hybridized carbons (Fsp3) is 0.333. The van der Waals surface area contributed by atoms with E-state index in [0.29, 0.717) is 54.8 Å². The second-order valence-corrected chi connectivity index (χ2v) is 13.2. The summed E-state index contributed by atoms with van der Waals surface area (Å²) in [5.41, 5.74) is 1.47. The number of alkyl halides is 6. The fourth-order valence-electron chi connectivity index (χ4n) is 5.02. The summed E-state index contributed by atoms with van der Waals surface area (Å²) in [5, 5.41) is 9.76. The molecule has 1 fully saturated rings. The lowest BCUT2D eigenvalue weighted by atomic mass is 10.1. The summed E-state index contributed by atoms with van der Waals surface area (Å²) in [5.74, 6) is -0.0437. The summed E-state index contributed by atoms with van der Waals surface area (Å²) in [4.78, 5) is 22.2. The number of ether oxygens (including phenoxy) is 1. The van der Waals surface area contributed by atoms with Crippen LogP contribution in [0.5, 0.6) is 5.75 Å². The van der Waals surface area contributed by atoms with Gasteiger partial charge in [-0.1, -0.05) is 12.1 Å². The molecule has 0 spiro atoms. The van der Waals surface area contributed by atoms with Gasteiger partial charge < -0.3 is 14.7 Å². The number of carboxylic acid groups (broad SMARTS) is 1. The number of carboxylic acids is 1. The molecule has 0 saturated carbocycles. The van der Waals surface area contributed by atoms with Crippen LogP contribution >= 0.6 is 23.1 Å². The lowest BCUT2D eigenvalue weighted by Gasteiger charge is -2.36. The third-order valence-electron chi connectivity index (χ3n) is 7.71. The molecule has 5 rings (SSSR count). The number of thioether (sulfide) groups is 1. The Balaban J connectivity index is 1.30. The van der Waals surface area contributed by atoms with Crippen molar-refractivity contribution in [2.24, 2.45) is 0 Å². The van der Waals surface area contributed by atoms with Crippen molar-refractivity contribution in [1.29, 1.82) is 0 Å². The maximum atomic E-state index is 13.2. The maximum absolute atomic E-state index is 13.2. The van der Waals surface area contributed by atoms with Crippen molar-refractivity contribution in [2.75, 3.05) is 31.1 Å². The average Bonchev–Trinajstić information content (AvgIpc) is 3.43. The van der Waals surface area contributed by atoms with Gasteiger partial charge in [0.1, 0.15) is 10.8 Å². The molecule has 6 nitrogen and oxygen atoms in total. The first-order chi connectivity index (χ1) is 22.2. The smallest absolute Gasteiger partial charge is 0.416 e. The highest BCUT2D eigenvalue weighted by molar-refractivity contribution is 7.98. The van der Waals surface area contributed by atoms with Gasteiger partial charge in [-0.15, -0.1) is 23.1 Å². The Morgan fingerprint density at radius 2 is 1.53 bits per heavy atom. The van der Waals surface area contributed by atoms with E-state index in [4.69, 9.17) is 14.8 Å². The zero-order chi connectivity index (χ0) is 33.9. The molecule has 14 heteroatoms. The molecule has 0 aliphatic carbocycles. The highest BCUT2D eigenvalue weighted by atomic mass is 32.2. The number of hydrogen-bond donors (Lipinski definition) is 1. The Hall–Kier alpha value is -3.75. The molecule has 0 radical (unpaired) electrons. The lowest BCUT2D eigenvalue weighted by molar-refractivity contribution is -0.144. The Labute approximate surface area is 276 Å². The van der Waals surface area contributed by atoms with Crippen LogP contribution in [-0.2, 0) is 29.4 Å². The van der Waals surface area contributed by atoms with Crippen molar-refractivity contribution >= 4 is 34.8 Å². The molecule has 3 aromatic carbocycles. The van der Waals surface area contributed by atoms with Crippen LogP contribution in [0, 0.1) is 6.92 Å². The molecule has 1 unspecified atom stereocenters. The van der Waals surface area contributed by atoms with Crippen molar-refractivity contribution in [3.8, 4) is 16.3 Å². The SMILES string of the molecule is Cc1cc(SCc2sc(-c3ccc(C(F)(F)F)cc3)nc2CN2CCN(c3ccc(C(F)(F)F)cc3)CC2)ccc1OC(C)C(=O)O. The molecule has 1 aromatic heterocycles. The quantitative estimate of drug-likeness (QED) is 0.132. The largest absolute Gasteiger partial charge is 0.479 e. The summed E-state index contributed by atoms with van der Waals surface area (Å²) in [6.45, 7) is 6.32. The Kier molecular flexibility index (Phi) is 10.4. The van der Waals surface area contributed by atoms with E-state index in [0.717, 1.165) is 51.0 Å². The number of aliphatic carboxylic acids is 1. The minimum Gasteiger partial charge on any atom is -0.479 e. The van der Waals surface area contributed by atoms with Gasteiger partial charge >= 0.3 is 18.3 Å². The van der Waals surface area contributed by atoms with Crippen LogP contribution in [0.1, 0.15) is 34.2 Å². The van der Waals surface area contributed by atoms with Gasteiger partial charge in [0, 0.05) is 59.5 Å².